The van der Waals surface area contributed by atoms with Gasteiger partial charge in [0.25, 0.3) is 0 Å². The maximum atomic E-state index is 14.6. The number of nitrogens with zero attached hydrogens (tertiary/aromatic N) is 5. The first-order valence-corrected chi connectivity index (χ1v) is 16.8. The molecule has 3 fully saturated rings. The Morgan fingerprint density at radius 3 is 2.17 bits per heavy atom. The van der Waals surface area contributed by atoms with Gasteiger partial charge in [0.2, 0.25) is 23.6 Å². The average molecular weight is 748 g/mol. The molecule has 0 aromatic heterocycles. The molecule has 6 unspecified atom stereocenters. The predicted molar refractivity (Wildman–Crippen MR) is 187 cm³/mol. The van der Waals surface area contributed by atoms with Crippen molar-refractivity contribution < 1.29 is 43.3 Å². The number of halogens is 2. The zero-order valence-electron chi connectivity index (χ0n) is 28.6. The van der Waals surface area contributed by atoms with Gasteiger partial charge < -0.3 is 14.7 Å². The number of phenolic OH excluding ortho intramolecular Hbond substituents is 1. The Balaban J connectivity index is 1.38. The summed E-state index contributed by atoms with van der Waals surface area (Å²) in [6.07, 6.45) is 1.62. The third-order valence-electron chi connectivity index (χ3n) is 11.1. The Morgan fingerprint density at radius 1 is 0.925 bits per heavy atom. The summed E-state index contributed by atoms with van der Waals surface area (Å²) in [6.45, 7) is 1.59. The summed E-state index contributed by atoms with van der Waals surface area (Å²) in [5.41, 5.74) is -2.86. The maximum Gasteiger partial charge on any atom is 0.301 e. The topological polar surface area (TPSA) is 194 Å². The van der Waals surface area contributed by atoms with Crippen molar-refractivity contribution >= 4 is 63.7 Å². The fourth-order valence-corrected chi connectivity index (χ4v) is 9.01. The van der Waals surface area contributed by atoms with Crippen molar-refractivity contribution in [1.82, 2.24) is 0 Å². The van der Waals surface area contributed by atoms with E-state index in [0.29, 0.717) is 11.3 Å². The highest BCUT2D eigenvalue weighted by molar-refractivity contribution is 6.32. The number of phenols is 1. The lowest BCUT2D eigenvalue weighted by Crippen LogP contribution is -2.48. The zero-order valence-corrected chi connectivity index (χ0v) is 29.4. The first-order valence-electron chi connectivity index (χ1n) is 16.4. The van der Waals surface area contributed by atoms with Gasteiger partial charge in [-0.2, -0.15) is 0 Å². The largest absolute Gasteiger partial charge is 0.508 e. The molecule has 2 saturated heterocycles. The molecule has 0 bridgehead atoms. The molecular formula is C36H31ClFN5O10. The van der Waals surface area contributed by atoms with E-state index < -0.39 is 85.7 Å². The van der Waals surface area contributed by atoms with Gasteiger partial charge >= 0.3 is 11.4 Å². The second-order valence-corrected chi connectivity index (χ2v) is 14.3. The van der Waals surface area contributed by atoms with E-state index in [1.54, 1.807) is 13.0 Å². The Hall–Kier alpha value is -5.90. The van der Waals surface area contributed by atoms with Crippen LogP contribution in [0.1, 0.15) is 31.2 Å². The van der Waals surface area contributed by atoms with Crippen LogP contribution in [0.5, 0.6) is 11.5 Å². The van der Waals surface area contributed by atoms with Gasteiger partial charge in [0.15, 0.2) is 5.69 Å². The fraction of sp³-hybridized carbons (Fsp3) is 0.333. The number of amides is 4. The molecule has 4 amide bonds. The number of anilines is 3. The van der Waals surface area contributed by atoms with Crippen molar-refractivity contribution in [3.8, 4) is 11.5 Å². The minimum absolute atomic E-state index is 0.0149. The van der Waals surface area contributed by atoms with Crippen LogP contribution in [0.2, 0.25) is 5.02 Å². The summed E-state index contributed by atoms with van der Waals surface area (Å²) in [5, 5.41) is 35.2. The van der Waals surface area contributed by atoms with E-state index in [-0.39, 0.29) is 46.2 Å². The molecule has 1 saturated carbocycles. The monoisotopic (exact) mass is 747 g/mol. The molecule has 3 aromatic rings. The number of nitro benzene ring substituents is 2. The molecule has 15 nitrogen and oxygen atoms in total. The number of carbonyl (C=O) groups is 4. The van der Waals surface area contributed by atoms with Gasteiger partial charge in [-0.15, -0.1) is 0 Å². The zero-order chi connectivity index (χ0) is 38.4. The summed E-state index contributed by atoms with van der Waals surface area (Å²) in [5.74, 6) is -8.63. The third-order valence-corrected chi connectivity index (χ3v) is 11.4. The van der Waals surface area contributed by atoms with Gasteiger partial charge in [0.05, 0.1) is 56.5 Å². The van der Waals surface area contributed by atoms with E-state index in [1.165, 1.54) is 50.4 Å². The number of aromatic hydroxyl groups is 1. The molecule has 1 N–H and O–H groups in total. The van der Waals surface area contributed by atoms with E-state index in [9.17, 15) is 48.9 Å². The number of hydrogen-bond acceptors (Lipinski definition) is 11. The molecular weight excluding hydrogens is 717 g/mol. The van der Waals surface area contributed by atoms with E-state index in [2.05, 4.69) is 0 Å². The number of carbonyl (C=O) groups excluding carboxylic acids is 4. The number of imide groups is 2. The molecule has 53 heavy (non-hydrogen) atoms. The van der Waals surface area contributed by atoms with Crippen LogP contribution in [-0.4, -0.2) is 59.8 Å². The Bertz CT molecular complexity index is 2190. The summed E-state index contributed by atoms with van der Waals surface area (Å²) >= 11 is 6.05. The molecule has 7 rings (SSSR count). The highest BCUT2D eigenvalue weighted by Crippen LogP contribution is 2.65. The normalized spacial score (nSPS) is 26.2. The number of methoxy groups -OCH3 is 1. The van der Waals surface area contributed by atoms with E-state index in [1.807, 2.05) is 0 Å². The van der Waals surface area contributed by atoms with Crippen molar-refractivity contribution in [2.45, 2.75) is 25.7 Å². The van der Waals surface area contributed by atoms with Crippen LogP contribution in [0, 0.1) is 55.1 Å². The Kier molecular flexibility index (Phi) is 8.28. The molecule has 17 heteroatoms. The lowest BCUT2D eigenvalue weighted by atomic mass is 9.51. The molecule has 3 aromatic carbocycles. The molecule has 2 aliphatic heterocycles. The van der Waals surface area contributed by atoms with Gasteiger partial charge in [0.1, 0.15) is 17.3 Å². The minimum Gasteiger partial charge on any atom is -0.508 e. The Labute approximate surface area is 305 Å². The highest BCUT2D eigenvalue weighted by Gasteiger charge is 2.68. The number of hydrogen-bond donors (Lipinski definition) is 1. The van der Waals surface area contributed by atoms with E-state index in [0.717, 1.165) is 34.1 Å². The molecule has 274 valence electrons. The smallest absolute Gasteiger partial charge is 0.301 e. The quantitative estimate of drug-likeness (QED) is 0.139. The number of rotatable bonds is 7. The summed E-state index contributed by atoms with van der Waals surface area (Å²) in [6, 6.07) is 9.75. The van der Waals surface area contributed by atoms with E-state index in [4.69, 9.17) is 16.3 Å². The number of nitro groups is 2. The molecule has 0 spiro atoms. The molecule has 4 aliphatic rings. The van der Waals surface area contributed by atoms with Gasteiger partial charge in [-0.1, -0.05) is 23.3 Å². The highest BCUT2D eigenvalue weighted by atomic mass is 35.5. The standard InChI is InChI=1S/C36H31ClFN5O10/c1-36-23(33(46)41(35(36)48)16-5-9-25(38)24(37)11-16)15-21-19(30(36)22-14-18(53-4)6-10-28(22)44)7-8-20-29(21)34(47)40(32(20)45)17-12-26(42(49)50)31(39(2)3)27(13-17)43(51)52/h5-7,9-14,20-21,23,29-30,44H,8,15H2,1-4H3. The lowest BCUT2D eigenvalue weighted by Gasteiger charge is -2.49. The average Bonchev–Trinajstić information content (AvgIpc) is 3.48. The maximum absolute atomic E-state index is 14.6. The van der Waals surface area contributed by atoms with Crippen LogP contribution in [-0.2, 0) is 19.2 Å². The van der Waals surface area contributed by atoms with Crippen molar-refractivity contribution in [2.75, 3.05) is 35.9 Å². The molecule has 0 radical (unpaired) electrons. The van der Waals surface area contributed by atoms with Crippen LogP contribution >= 0.6 is 11.6 Å². The number of ether oxygens (including phenoxy) is 1. The van der Waals surface area contributed by atoms with Crippen LogP contribution in [0.4, 0.5) is 32.8 Å². The number of allylic oxidation sites excluding steroid dienone is 2. The second-order valence-electron chi connectivity index (χ2n) is 13.9. The van der Waals surface area contributed by atoms with Crippen LogP contribution < -0.4 is 19.4 Å². The van der Waals surface area contributed by atoms with Crippen LogP contribution in [0.15, 0.2) is 60.2 Å². The van der Waals surface area contributed by atoms with Crippen LogP contribution in [0.25, 0.3) is 0 Å². The van der Waals surface area contributed by atoms with Gasteiger partial charge in [-0.25, -0.2) is 14.2 Å². The molecule has 6 atom stereocenters. The van der Waals surface area contributed by atoms with Crippen molar-refractivity contribution in [1.29, 1.82) is 0 Å². The summed E-state index contributed by atoms with van der Waals surface area (Å²) in [7, 11) is 4.19. The third kappa shape index (κ3) is 5.06. The first kappa shape index (κ1) is 35.5. The molecule has 2 aliphatic carbocycles. The van der Waals surface area contributed by atoms with Gasteiger partial charge in [0, 0.05) is 37.7 Å². The number of fused-ring (bicyclic) bond motifs is 4. The first-order chi connectivity index (χ1) is 25.0. The lowest BCUT2D eigenvalue weighted by molar-refractivity contribution is -0.392. The van der Waals surface area contributed by atoms with Crippen molar-refractivity contribution in [3.63, 3.8) is 0 Å². The second kappa shape index (κ2) is 12.4. The van der Waals surface area contributed by atoms with Crippen LogP contribution in [0.3, 0.4) is 0 Å². The number of benzene rings is 3. The van der Waals surface area contributed by atoms with Gasteiger partial charge in [-0.05, 0) is 62.1 Å². The van der Waals surface area contributed by atoms with Gasteiger partial charge in [-0.3, -0.25) is 39.4 Å². The van der Waals surface area contributed by atoms with Crippen molar-refractivity contribution in [3.05, 3.63) is 96.8 Å². The SMILES string of the molecule is COc1ccc(O)c(C2C3=CCC4C(=O)N(c5cc([N+](=O)[O-])c(N(C)C)c([N+](=O)[O-])c5)C(=O)C4C3CC3C(=O)N(c4ccc(F)c(Cl)c4)C(=O)C32C)c1. The Morgan fingerprint density at radius 2 is 1.58 bits per heavy atom. The van der Waals surface area contributed by atoms with E-state index >= 15 is 0 Å². The molecule has 2 heterocycles. The van der Waals surface area contributed by atoms with Crippen molar-refractivity contribution in [2.24, 2.45) is 29.1 Å². The summed E-state index contributed by atoms with van der Waals surface area (Å²) < 4.78 is 19.6. The predicted octanol–water partition coefficient (Wildman–Crippen LogP) is 5.51. The minimum atomic E-state index is -1.56. The summed E-state index contributed by atoms with van der Waals surface area (Å²) in [4.78, 5) is 83.0. The fourth-order valence-electron chi connectivity index (χ4n) is 8.83.